The Hall–Kier alpha value is -0.900. The van der Waals surface area contributed by atoms with E-state index in [0.29, 0.717) is 12.5 Å². The molecule has 0 unspecified atom stereocenters. The van der Waals surface area contributed by atoms with Crippen molar-refractivity contribution in [1.82, 2.24) is 9.80 Å². The summed E-state index contributed by atoms with van der Waals surface area (Å²) in [7, 11) is 0. The average Bonchev–Trinajstić information content (AvgIpc) is 2.46. The van der Waals surface area contributed by atoms with E-state index in [0.717, 1.165) is 25.9 Å². The van der Waals surface area contributed by atoms with Crippen LogP contribution in [0, 0.1) is 0 Å². The summed E-state index contributed by atoms with van der Waals surface area (Å²) in [5, 5.41) is 0. The first-order valence-corrected chi connectivity index (χ1v) is 7.18. The van der Waals surface area contributed by atoms with Gasteiger partial charge in [0.1, 0.15) is 0 Å². The van der Waals surface area contributed by atoms with Gasteiger partial charge in [0.05, 0.1) is 0 Å². The summed E-state index contributed by atoms with van der Waals surface area (Å²) < 4.78 is 0. The van der Waals surface area contributed by atoms with Crippen LogP contribution in [0.2, 0.25) is 0 Å². The predicted octanol–water partition coefficient (Wildman–Crippen LogP) is 1.35. The van der Waals surface area contributed by atoms with Crippen LogP contribution in [0.25, 0.3) is 0 Å². The van der Waals surface area contributed by atoms with Gasteiger partial charge in [-0.3, -0.25) is 9.59 Å². The first kappa shape index (κ1) is 13.5. The number of hydrogen-bond donors (Lipinski definition) is 0. The van der Waals surface area contributed by atoms with Crippen molar-refractivity contribution in [2.75, 3.05) is 26.2 Å². The van der Waals surface area contributed by atoms with Crippen LogP contribution in [-0.2, 0) is 9.59 Å². The van der Waals surface area contributed by atoms with E-state index >= 15 is 0 Å². The normalized spacial score (nSPS) is 23.0. The molecule has 18 heavy (non-hydrogen) atoms. The highest BCUT2D eigenvalue weighted by molar-refractivity contribution is 5.78. The van der Waals surface area contributed by atoms with Crippen molar-refractivity contribution in [1.29, 1.82) is 0 Å². The second-order valence-electron chi connectivity index (χ2n) is 5.35. The predicted molar refractivity (Wildman–Crippen MR) is 70.0 cm³/mol. The van der Waals surface area contributed by atoms with Crippen LogP contribution >= 0.6 is 0 Å². The van der Waals surface area contributed by atoms with E-state index in [9.17, 15) is 9.59 Å². The molecule has 2 fully saturated rings. The van der Waals surface area contributed by atoms with Crippen LogP contribution in [0.1, 0.15) is 44.9 Å². The molecule has 0 N–H and O–H groups in total. The second-order valence-corrected chi connectivity index (χ2v) is 5.35. The summed E-state index contributed by atoms with van der Waals surface area (Å²) in [5.41, 5.74) is 0. The first-order valence-electron chi connectivity index (χ1n) is 7.18. The van der Waals surface area contributed by atoms with Crippen molar-refractivity contribution in [3.05, 3.63) is 0 Å². The Morgan fingerprint density at radius 3 is 2.33 bits per heavy atom. The van der Waals surface area contributed by atoms with Crippen LogP contribution in [0.4, 0.5) is 0 Å². The fourth-order valence-corrected chi connectivity index (χ4v) is 3.08. The Bertz CT molecular complexity index is 280. The lowest BCUT2D eigenvalue weighted by molar-refractivity contribution is -0.132. The van der Waals surface area contributed by atoms with Gasteiger partial charge in [-0.1, -0.05) is 6.42 Å². The van der Waals surface area contributed by atoms with Gasteiger partial charge in [0.25, 0.3) is 0 Å². The quantitative estimate of drug-likeness (QED) is 0.757. The van der Waals surface area contributed by atoms with E-state index in [1.165, 1.54) is 32.4 Å². The average molecular weight is 251 g/mol. The van der Waals surface area contributed by atoms with Crippen LogP contribution in [-0.4, -0.2) is 54.2 Å². The number of piperidine rings is 2. The number of nitrogens with zero attached hydrogens (tertiary/aromatic N) is 2. The summed E-state index contributed by atoms with van der Waals surface area (Å²) >= 11 is 0. The molecule has 0 bridgehead atoms. The zero-order chi connectivity index (χ0) is 12.8. The lowest BCUT2D eigenvalue weighted by Gasteiger charge is -2.40. The first-order chi connectivity index (χ1) is 8.81. The zero-order valence-corrected chi connectivity index (χ0v) is 11.1. The third-order valence-electron chi connectivity index (χ3n) is 4.17. The SMILES string of the molecule is O=[C]CCC(=O)N1CCC(N2CCCCC2)CC1. The standard InChI is InChI=1S/C14H23N2O2/c17-12-4-5-14(18)16-10-6-13(7-11-16)15-8-2-1-3-9-15/h13H,1-11H2. The minimum atomic E-state index is 0.121. The zero-order valence-electron chi connectivity index (χ0n) is 11.1. The van der Waals surface area contributed by atoms with Crippen molar-refractivity contribution >= 4 is 12.2 Å². The minimum Gasteiger partial charge on any atom is -0.343 e. The molecule has 1 amide bonds. The van der Waals surface area contributed by atoms with Crippen molar-refractivity contribution in [2.24, 2.45) is 0 Å². The van der Waals surface area contributed by atoms with Crippen LogP contribution in [0.5, 0.6) is 0 Å². The largest absolute Gasteiger partial charge is 0.343 e. The summed E-state index contributed by atoms with van der Waals surface area (Å²) in [6.07, 6.45) is 8.58. The van der Waals surface area contributed by atoms with Gasteiger partial charge in [0.15, 0.2) is 6.29 Å². The molecule has 4 heteroatoms. The van der Waals surface area contributed by atoms with Gasteiger partial charge in [-0.2, -0.15) is 0 Å². The summed E-state index contributed by atoms with van der Waals surface area (Å²) in [6.45, 7) is 4.19. The highest BCUT2D eigenvalue weighted by atomic mass is 16.2. The maximum Gasteiger partial charge on any atom is 0.223 e. The molecule has 2 aliphatic heterocycles. The lowest BCUT2D eigenvalue weighted by Crippen LogP contribution is -2.48. The molecule has 101 valence electrons. The molecule has 0 aliphatic carbocycles. The minimum absolute atomic E-state index is 0.121. The monoisotopic (exact) mass is 251 g/mol. The van der Waals surface area contributed by atoms with E-state index < -0.39 is 0 Å². The number of rotatable bonds is 4. The molecule has 0 aromatic heterocycles. The van der Waals surface area contributed by atoms with Gasteiger partial charge < -0.3 is 9.80 Å². The molecule has 2 saturated heterocycles. The summed E-state index contributed by atoms with van der Waals surface area (Å²) in [6, 6.07) is 0.673. The van der Waals surface area contributed by atoms with Crippen molar-refractivity contribution < 1.29 is 9.59 Å². The van der Waals surface area contributed by atoms with Crippen molar-refractivity contribution in [3.63, 3.8) is 0 Å². The summed E-state index contributed by atoms with van der Waals surface area (Å²) in [4.78, 5) is 26.4. The van der Waals surface area contributed by atoms with Crippen molar-refractivity contribution in [2.45, 2.75) is 51.0 Å². The Morgan fingerprint density at radius 2 is 1.72 bits per heavy atom. The molecule has 0 aromatic carbocycles. The Balaban J connectivity index is 1.73. The molecule has 2 heterocycles. The maximum atomic E-state index is 11.8. The topological polar surface area (TPSA) is 40.6 Å². The lowest BCUT2D eigenvalue weighted by atomic mass is 9.99. The summed E-state index contributed by atoms with van der Waals surface area (Å²) in [5.74, 6) is 0.121. The third kappa shape index (κ3) is 3.55. The number of amides is 1. The molecular formula is C14H23N2O2. The molecule has 2 aliphatic rings. The smallest absolute Gasteiger partial charge is 0.223 e. The molecule has 0 aromatic rings. The molecular weight excluding hydrogens is 228 g/mol. The van der Waals surface area contributed by atoms with Gasteiger partial charge in [0, 0.05) is 32.0 Å². The number of hydrogen-bond acceptors (Lipinski definition) is 3. The molecule has 0 atom stereocenters. The Labute approximate surface area is 109 Å². The molecule has 4 nitrogen and oxygen atoms in total. The van der Waals surface area contributed by atoms with E-state index in [1.807, 2.05) is 4.90 Å². The Morgan fingerprint density at radius 1 is 1.06 bits per heavy atom. The number of carbonyl (C=O) groups excluding carboxylic acids is 2. The number of likely N-dealkylation sites (tertiary alicyclic amines) is 2. The molecule has 1 radical (unpaired) electrons. The molecule has 2 rings (SSSR count). The molecule has 0 saturated carbocycles. The molecule has 0 spiro atoms. The Kier molecular flexibility index (Phi) is 5.17. The fraction of sp³-hybridized carbons (Fsp3) is 0.857. The van der Waals surface area contributed by atoms with Gasteiger partial charge >= 0.3 is 0 Å². The van der Waals surface area contributed by atoms with Crippen LogP contribution < -0.4 is 0 Å². The van der Waals surface area contributed by atoms with E-state index in [4.69, 9.17) is 0 Å². The van der Waals surface area contributed by atoms with E-state index in [2.05, 4.69) is 4.90 Å². The maximum absolute atomic E-state index is 11.8. The second kappa shape index (κ2) is 6.88. The van der Waals surface area contributed by atoms with Crippen LogP contribution in [0.15, 0.2) is 0 Å². The fourth-order valence-electron chi connectivity index (χ4n) is 3.08. The van der Waals surface area contributed by atoms with Crippen LogP contribution in [0.3, 0.4) is 0 Å². The van der Waals surface area contributed by atoms with Gasteiger partial charge in [-0.25, -0.2) is 0 Å². The number of carbonyl (C=O) groups is 1. The highest BCUT2D eigenvalue weighted by Crippen LogP contribution is 2.21. The van der Waals surface area contributed by atoms with Gasteiger partial charge in [-0.05, 0) is 38.8 Å². The van der Waals surface area contributed by atoms with E-state index in [-0.39, 0.29) is 12.3 Å². The van der Waals surface area contributed by atoms with Crippen molar-refractivity contribution in [3.8, 4) is 0 Å². The third-order valence-corrected chi connectivity index (χ3v) is 4.17. The van der Waals surface area contributed by atoms with Gasteiger partial charge in [0.2, 0.25) is 5.91 Å². The van der Waals surface area contributed by atoms with Gasteiger partial charge in [-0.15, -0.1) is 0 Å². The van der Waals surface area contributed by atoms with E-state index in [1.54, 1.807) is 6.29 Å². The highest BCUT2D eigenvalue weighted by Gasteiger charge is 2.27.